The fourth-order valence-corrected chi connectivity index (χ4v) is 2.80. The number of carbonyl (C=O) groups excluding carboxylic acids is 2. The zero-order chi connectivity index (χ0) is 16.1. The van der Waals surface area contributed by atoms with Crippen molar-refractivity contribution in [2.45, 2.75) is 26.7 Å². The number of benzene rings is 1. The quantitative estimate of drug-likeness (QED) is 0.855. The van der Waals surface area contributed by atoms with E-state index in [1.165, 1.54) is 0 Å². The molecule has 0 aliphatic carbocycles. The van der Waals surface area contributed by atoms with Gasteiger partial charge in [0.15, 0.2) is 0 Å². The SMILES string of the molecule is CC(C)CC(=O)N1CCN(C(=O)Cc2ccccc2Cl)CC1. The fraction of sp³-hybridized carbons (Fsp3) is 0.529. The molecule has 0 radical (unpaired) electrons. The smallest absolute Gasteiger partial charge is 0.227 e. The van der Waals surface area contributed by atoms with E-state index in [1.54, 1.807) is 6.07 Å². The number of piperazine rings is 1. The first-order valence-corrected chi connectivity index (χ1v) is 8.14. The maximum absolute atomic E-state index is 12.3. The Morgan fingerprint density at radius 2 is 1.59 bits per heavy atom. The van der Waals surface area contributed by atoms with E-state index < -0.39 is 0 Å². The van der Waals surface area contributed by atoms with Crippen LogP contribution in [0.15, 0.2) is 24.3 Å². The first kappa shape index (κ1) is 16.8. The molecule has 22 heavy (non-hydrogen) atoms. The lowest BCUT2D eigenvalue weighted by molar-refractivity contribution is -0.139. The van der Waals surface area contributed by atoms with Gasteiger partial charge in [-0.3, -0.25) is 9.59 Å². The van der Waals surface area contributed by atoms with Gasteiger partial charge in [-0.05, 0) is 17.5 Å². The molecule has 1 aliphatic heterocycles. The summed E-state index contributed by atoms with van der Waals surface area (Å²) >= 11 is 6.10. The molecule has 0 spiro atoms. The van der Waals surface area contributed by atoms with Gasteiger partial charge in [-0.15, -0.1) is 0 Å². The van der Waals surface area contributed by atoms with E-state index in [0.717, 1.165) is 5.56 Å². The Morgan fingerprint density at radius 1 is 1.05 bits per heavy atom. The van der Waals surface area contributed by atoms with Crippen LogP contribution in [0, 0.1) is 5.92 Å². The largest absolute Gasteiger partial charge is 0.339 e. The number of halogens is 1. The molecule has 0 aromatic heterocycles. The monoisotopic (exact) mass is 322 g/mol. The summed E-state index contributed by atoms with van der Waals surface area (Å²) in [6, 6.07) is 7.42. The maximum Gasteiger partial charge on any atom is 0.227 e. The number of hydrogen-bond acceptors (Lipinski definition) is 2. The Kier molecular flexibility index (Phi) is 5.83. The molecule has 0 N–H and O–H groups in total. The number of rotatable bonds is 4. The van der Waals surface area contributed by atoms with Crippen molar-refractivity contribution >= 4 is 23.4 Å². The number of amides is 2. The third kappa shape index (κ3) is 4.47. The summed E-state index contributed by atoms with van der Waals surface area (Å²) in [5, 5.41) is 0.626. The molecule has 1 aliphatic rings. The van der Waals surface area contributed by atoms with Crippen molar-refractivity contribution in [3.05, 3.63) is 34.9 Å². The zero-order valence-electron chi connectivity index (χ0n) is 13.2. The number of nitrogens with zero attached hydrogens (tertiary/aromatic N) is 2. The van der Waals surface area contributed by atoms with Crippen LogP contribution in [0.2, 0.25) is 5.02 Å². The van der Waals surface area contributed by atoms with Gasteiger partial charge < -0.3 is 9.80 Å². The third-order valence-corrected chi connectivity index (χ3v) is 4.24. The molecule has 1 aromatic rings. The van der Waals surface area contributed by atoms with Gasteiger partial charge in [0, 0.05) is 37.6 Å². The summed E-state index contributed by atoms with van der Waals surface area (Å²) < 4.78 is 0. The highest BCUT2D eigenvalue weighted by atomic mass is 35.5. The van der Waals surface area contributed by atoms with Crippen LogP contribution < -0.4 is 0 Å². The minimum absolute atomic E-state index is 0.0732. The molecule has 4 nitrogen and oxygen atoms in total. The summed E-state index contributed by atoms with van der Waals surface area (Å²) in [5.74, 6) is 0.629. The van der Waals surface area contributed by atoms with E-state index in [-0.39, 0.29) is 11.8 Å². The summed E-state index contributed by atoms with van der Waals surface area (Å²) in [6.07, 6.45) is 0.896. The van der Waals surface area contributed by atoms with Gasteiger partial charge >= 0.3 is 0 Å². The normalized spacial score (nSPS) is 15.3. The van der Waals surface area contributed by atoms with Crippen molar-refractivity contribution in [2.24, 2.45) is 5.92 Å². The molecule has 1 saturated heterocycles. The van der Waals surface area contributed by atoms with Crippen LogP contribution in [-0.2, 0) is 16.0 Å². The molecule has 1 fully saturated rings. The maximum atomic E-state index is 12.3. The van der Waals surface area contributed by atoms with Crippen molar-refractivity contribution < 1.29 is 9.59 Å². The molecule has 5 heteroatoms. The topological polar surface area (TPSA) is 40.6 Å². The van der Waals surface area contributed by atoms with Crippen LogP contribution in [-0.4, -0.2) is 47.8 Å². The van der Waals surface area contributed by atoms with Gasteiger partial charge in [0.25, 0.3) is 0 Å². The van der Waals surface area contributed by atoms with Crippen LogP contribution in [0.4, 0.5) is 0 Å². The second-order valence-corrected chi connectivity index (χ2v) is 6.53. The second kappa shape index (κ2) is 7.63. The Bertz CT molecular complexity index is 537. The van der Waals surface area contributed by atoms with Gasteiger partial charge in [0.05, 0.1) is 6.42 Å². The molecular weight excluding hydrogens is 300 g/mol. The highest BCUT2D eigenvalue weighted by Gasteiger charge is 2.24. The first-order valence-electron chi connectivity index (χ1n) is 7.76. The van der Waals surface area contributed by atoms with Gasteiger partial charge in [0.2, 0.25) is 11.8 Å². The highest BCUT2D eigenvalue weighted by molar-refractivity contribution is 6.31. The van der Waals surface area contributed by atoms with Crippen LogP contribution >= 0.6 is 11.6 Å². The highest BCUT2D eigenvalue weighted by Crippen LogP contribution is 2.17. The van der Waals surface area contributed by atoms with E-state index in [9.17, 15) is 9.59 Å². The van der Waals surface area contributed by atoms with Crippen LogP contribution in [0.3, 0.4) is 0 Å². The molecule has 0 unspecified atom stereocenters. The number of carbonyl (C=O) groups is 2. The average molecular weight is 323 g/mol. The molecule has 0 atom stereocenters. The number of hydrogen-bond donors (Lipinski definition) is 0. The van der Waals surface area contributed by atoms with E-state index in [4.69, 9.17) is 11.6 Å². The van der Waals surface area contributed by atoms with Gasteiger partial charge in [-0.2, -0.15) is 0 Å². The summed E-state index contributed by atoms with van der Waals surface area (Å²) in [7, 11) is 0. The fourth-order valence-electron chi connectivity index (χ4n) is 2.60. The lowest BCUT2D eigenvalue weighted by Crippen LogP contribution is -2.51. The predicted octanol–water partition coefficient (Wildman–Crippen LogP) is 2.60. The second-order valence-electron chi connectivity index (χ2n) is 6.13. The Balaban J connectivity index is 1.85. The van der Waals surface area contributed by atoms with Crippen molar-refractivity contribution in [1.82, 2.24) is 9.80 Å². The Hall–Kier alpha value is -1.55. The Labute approximate surface area is 137 Å². The molecule has 1 heterocycles. The molecule has 0 saturated carbocycles. The van der Waals surface area contributed by atoms with Crippen molar-refractivity contribution in [2.75, 3.05) is 26.2 Å². The van der Waals surface area contributed by atoms with Crippen LogP contribution in [0.25, 0.3) is 0 Å². The summed E-state index contributed by atoms with van der Waals surface area (Å²) in [5.41, 5.74) is 0.854. The lowest BCUT2D eigenvalue weighted by atomic mass is 10.1. The minimum Gasteiger partial charge on any atom is -0.339 e. The summed E-state index contributed by atoms with van der Waals surface area (Å²) in [6.45, 7) is 6.54. The first-order chi connectivity index (χ1) is 10.5. The van der Waals surface area contributed by atoms with Crippen LogP contribution in [0.1, 0.15) is 25.8 Å². The van der Waals surface area contributed by atoms with E-state index in [0.29, 0.717) is 50.0 Å². The third-order valence-electron chi connectivity index (χ3n) is 3.87. The molecular formula is C17H23ClN2O2. The predicted molar refractivity (Wildman–Crippen MR) is 87.8 cm³/mol. The molecule has 2 amide bonds. The van der Waals surface area contributed by atoms with Gasteiger partial charge in [-0.25, -0.2) is 0 Å². The zero-order valence-corrected chi connectivity index (χ0v) is 14.0. The average Bonchev–Trinajstić information content (AvgIpc) is 2.49. The van der Waals surface area contributed by atoms with E-state index in [2.05, 4.69) is 0 Å². The minimum atomic E-state index is 0.0732. The Morgan fingerprint density at radius 3 is 2.14 bits per heavy atom. The molecule has 0 bridgehead atoms. The standard InChI is InChI=1S/C17H23ClN2O2/c1-13(2)11-16(21)19-7-9-20(10-8-19)17(22)12-14-5-3-4-6-15(14)18/h3-6,13H,7-12H2,1-2H3. The van der Waals surface area contributed by atoms with Gasteiger partial charge in [0.1, 0.15) is 0 Å². The van der Waals surface area contributed by atoms with Crippen molar-refractivity contribution in [1.29, 1.82) is 0 Å². The lowest BCUT2D eigenvalue weighted by Gasteiger charge is -2.35. The van der Waals surface area contributed by atoms with Crippen molar-refractivity contribution in [3.8, 4) is 0 Å². The molecule has 1 aromatic carbocycles. The van der Waals surface area contributed by atoms with Gasteiger partial charge in [-0.1, -0.05) is 43.6 Å². The van der Waals surface area contributed by atoms with Crippen molar-refractivity contribution in [3.63, 3.8) is 0 Å². The summed E-state index contributed by atoms with van der Waals surface area (Å²) in [4.78, 5) is 28.0. The van der Waals surface area contributed by atoms with E-state index in [1.807, 2.05) is 41.8 Å². The van der Waals surface area contributed by atoms with E-state index >= 15 is 0 Å². The van der Waals surface area contributed by atoms with Crippen LogP contribution in [0.5, 0.6) is 0 Å². The molecule has 120 valence electrons. The molecule has 2 rings (SSSR count).